The summed E-state index contributed by atoms with van der Waals surface area (Å²) in [6.07, 6.45) is 7.64. The zero-order chi connectivity index (χ0) is 19.8. The molecule has 6 nitrogen and oxygen atoms in total. The van der Waals surface area contributed by atoms with Crippen LogP contribution in [0.2, 0.25) is 0 Å². The summed E-state index contributed by atoms with van der Waals surface area (Å²) >= 11 is 0. The molecule has 0 spiro atoms. The molecule has 1 aliphatic carbocycles. The molecular weight excluding hydrogens is 362 g/mol. The standard InChI is InChI=1S/C23H27N5O/c1-16-10-12-27(26-16)13-11-23(29)24-19-5-8-21-18(14-19)4-9-22(25-21)28-15-17-2-6-20(28)7-3-17/h4-5,8-10,12,14,17,20H,2-3,6-7,11,13,15H2,1H3,(H,24,29). The smallest absolute Gasteiger partial charge is 0.226 e. The summed E-state index contributed by atoms with van der Waals surface area (Å²) in [5.74, 6) is 1.92. The topological polar surface area (TPSA) is 63.1 Å². The van der Waals surface area contributed by atoms with Crippen molar-refractivity contribution < 1.29 is 4.79 Å². The van der Waals surface area contributed by atoms with Crippen LogP contribution in [-0.4, -0.2) is 33.3 Å². The highest BCUT2D eigenvalue weighted by atomic mass is 16.1. The molecule has 3 aromatic rings. The number of rotatable bonds is 5. The summed E-state index contributed by atoms with van der Waals surface area (Å²) in [5, 5.41) is 8.36. The first-order chi connectivity index (χ1) is 14.1. The SMILES string of the molecule is Cc1ccn(CCC(=O)Nc2ccc3nc(N4CC5CCC4CC5)ccc3c2)n1. The molecule has 3 fully saturated rings. The van der Waals surface area contributed by atoms with Gasteiger partial charge in [0, 0.05) is 42.8 Å². The maximum Gasteiger partial charge on any atom is 0.226 e. The Hall–Kier alpha value is -2.89. The van der Waals surface area contributed by atoms with Gasteiger partial charge in [0.25, 0.3) is 0 Å². The van der Waals surface area contributed by atoms with Gasteiger partial charge in [-0.25, -0.2) is 4.98 Å². The number of fused-ring (bicyclic) bond motifs is 4. The summed E-state index contributed by atoms with van der Waals surface area (Å²) < 4.78 is 1.80. The molecule has 2 saturated heterocycles. The molecule has 29 heavy (non-hydrogen) atoms. The van der Waals surface area contributed by atoms with Crippen molar-refractivity contribution in [3.8, 4) is 0 Å². The quantitative estimate of drug-likeness (QED) is 0.712. The number of carbonyl (C=O) groups excluding carboxylic acids is 1. The number of hydrogen-bond donors (Lipinski definition) is 1. The molecule has 2 aromatic heterocycles. The van der Waals surface area contributed by atoms with Crippen molar-refractivity contribution in [2.75, 3.05) is 16.8 Å². The lowest BCUT2D eigenvalue weighted by Gasteiger charge is -2.46. The van der Waals surface area contributed by atoms with E-state index in [4.69, 9.17) is 4.98 Å². The van der Waals surface area contributed by atoms with Crippen LogP contribution in [0.25, 0.3) is 10.9 Å². The molecule has 0 unspecified atom stereocenters. The van der Waals surface area contributed by atoms with Crippen molar-refractivity contribution in [2.45, 2.75) is 51.6 Å². The second-order valence-corrected chi connectivity index (χ2v) is 8.42. The number of amides is 1. The highest BCUT2D eigenvalue weighted by molar-refractivity contribution is 5.93. The number of pyridine rings is 1. The van der Waals surface area contributed by atoms with Gasteiger partial charge in [-0.15, -0.1) is 0 Å². The lowest BCUT2D eigenvalue weighted by atomic mass is 9.80. The molecule has 150 valence electrons. The first-order valence-corrected chi connectivity index (χ1v) is 10.6. The van der Waals surface area contributed by atoms with E-state index in [0.29, 0.717) is 19.0 Å². The van der Waals surface area contributed by atoms with Gasteiger partial charge in [-0.05, 0) is 74.9 Å². The van der Waals surface area contributed by atoms with Gasteiger partial charge in [-0.1, -0.05) is 0 Å². The highest BCUT2D eigenvalue weighted by Crippen LogP contribution is 2.37. The normalized spacial score (nSPS) is 20.9. The van der Waals surface area contributed by atoms with Crippen LogP contribution >= 0.6 is 0 Å². The molecule has 3 aliphatic rings. The number of aryl methyl sites for hydroxylation is 2. The Morgan fingerprint density at radius 1 is 1.14 bits per heavy atom. The number of benzene rings is 1. The van der Waals surface area contributed by atoms with E-state index in [1.54, 1.807) is 4.68 Å². The van der Waals surface area contributed by atoms with E-state index in [-0.39, 0.29) is 5.91 Å². The fourth-order valence-electron chi connectivity index (χ4n) is 4.73. The number of carbonyl (C=O) groups is 1. The first-order valence-electron chi connectivity index (χ1n) is 10.6. The molecule has 1 N–H and O–H groups in total. The minimum atomic E-state index is -0.00794. The van der Waals surface area contributed by atoms with E-state index in [0.717, 1.165) is 40.6 Å². The Kier molecular flexibility index (Phi) is 4.70. The summed E-state index contributed by atoms with van der Waals surface area (Å²) in [6, 6.07) is 12.8. The van der Waals surface area contributed by atoms with Gasteiger partial charge in [-0.3, -0.25) is 9.48 Å². The van der Waals surface area contributed by atoms with E-state index in [1.165, 1.54) is 25.7 Å². The third-order valence-corrected chi connectivity index (χ3v) is 6.31. The molecule has 6 rings (SSSR count). The molecule has 1 saturated carbocycles. The number of aromatic nitrogens is 3. The van der Waals surface area contributed by atoms with Crippen LogP contribution in [0.3, 0.4) is 0 Å². The maximum absolute atomic E-state index is 12.3. The Balaban J connectivity index is 1.26. The molecule has 0 radical (unpaired) electrons. The minimum Gasteiger partial charge on any atom is -0.353 e. The Labute approximate surface area is 170 Å². The second kappa shape index (κ2) is 7.50. The van der Waals surface area contributed by atoms with Crippen molar-refractivity contribution in [2.24, 2.45) is 5.92 Å². The van der Waals surface area contributed by atoms with Crippen molar-refractivity contribution in [3.63, 3.8) is 0 Å². The fourth-order valence-corrected chi connectivity index (χ4v) is 4.73. The zero-order valence-corrected chi connectivity index (χ0v) is 16.8. The molecule has 2 bridgehead atoms. The first kappa shape index (κ1) is 18.2. The van der Waals surface area contributed by atoms with Gasteiger partial charge >= 0.3 is 0 Å². The largest absolute Gasteiger partial charge is 0.353 e. The predicted octanol–water partition coefficient (Wildman–Crippen LogP) is 4.15. The average molecular weight is 390 g/mol. The summed E-state index contributed by atoms with van der Waals surface area (Å²) in [5.41, 5.74) is 2.75. The van der Waals surface area contributed by atoms with Crippen molar-refractivity contribution in [3.05, 3.63) is 48.3 Å². The van der Waals surface area contributed by atoms with Crippen LogP contribution in [0.5, 0.6) is 0 Å². The number of nitrogens with one attached hydrogen (secondary N) is 1. The van der Waals surface area contributed by atoms with Gasteiger partial charge in [0.1, 0.15) is 5.82 Å². The molecule has 2 aliphatic heterocycles. The van der Waals surface area contributed by atoms with E-state index < -0.39 is 0 Å². The molecule has 0 atom stereocenters. The summed E-state index contributed by atoms with van der Waals surface area (Å²) in [7, 11) is 0. The Morgan fingerprint density at radius 3 is 2.72 bits per heavy atom. The van der Waals surface area contributed by atoms with Crippen LogP contribution in [0.4, 0.5) is 11.5 Å². The Bertz CT molecular complexity index is 1030. The summed E-state index contributed by atoms with van der Waals surface area (Å²) in [4.78, 5) is 19.7. The third kappa shape index (κ3) is 3.84. The van der Waals surface area contributed by atoms with Gasteiger partial charge in [0.2, 0.25) is 5.91 Å². The number of anilines is 2. The number of piperidine rings is 2. The molecule has 4 heterocycles. The predicted molar refractivity (Wildman–Crippen MR) is 115 cm³/mol. The summed E-state index contributed by atoms with van der Waals surface area (Å²) in [6.45, 7) is 3.67. The lowest BCUT2D eigenvalue weighted by Crippen LogP contribution is -2.48. The third-order valence-electron chi connectivity index (χ3n) is 6.31. The van der Waals surface area contributed by atoms with E-state index >= 15 is 0 Å². The van der Waals surface area contributed by atoms with E-state index in [1.807, 2.05) is 37.4 Å². The average Bonchev–Trinajstić information content (AvgIpc) is 3.18. The van der Waals surface area contributed by atoms with E-state index in [9.17, 15) is 4.79 Å². The van der Waals surface area contributed by atoms with Crippen molar-refractivity contribution in [1.29, 1.82) is 0 Å². The second-order valence-electron chi connectivity index (χ2n) is 8.42. The van der Waals surface area contributed by atoms with Gasteiger partial charge in [0.05, 0.1) is 11.2 Å². The van der Waals surface area contributed by atoms with E-state index in [2.05, 4.69) is 27.4 Å². The van der Waals surface area contributed by atoms with Crippen LogP contribution in [0.15, 0.2) is 42.6 Å². The number of nitrogens with zero attached hydrogens (tertiary/aromatic N) is 4. The lowest BCUT2D eigenvalue weighted by molar-refractivity contribution is -0.116. The van der Waals surface area contributed by atoms with Gasteiger partial charge in [0.15, 0.2) is 0 Å². The van der Waals surface area contributed by atoms with Gasteiger partial charge in [-0.2, -0.15) is 5.10 Å². The monoisotopic (exact) mass is 389 g/mol. The van der Waals surface area contributed by atoms with Crippen LogP contribution in [-0.2, 0) is 11.3 Å². The van der Waals surface area contributed by atoms with Gasteiger partial charge < -0.3 is 10.2 Å². The zero-order valence-electron chi connectivity index (χ0n) is 16.8. The molecule has 6 heteroatoms. The van der Waals surface area contributed by atoms with Crippen molar-refractivity contribution in [1.82, 2.24) is 14.8 Å². The van der Waals surface area contributed by atoms with Crippen LogP contribution in [0.1, 0.15) is 37.8 Å². The molecular formula is C23H27N5O. The van der Waals surface area contributed by atoms with Crippen LogP contribution in [0, 0.1) is 12.8 Å². The van der Waals surface area contributed by atoms with Crippen LogP contribution < -0.4 is 10.2 Å². The highest BCUT2D eigenvalue weighted by Gasteiger charge is 2.34. The Morgan fingerprint density at radius 2 is 2.00 bits per heavy atom. The minimum absolute atomic E-state index is 0.00794. The van der Waals surface area contributed by atoms with Crippen molar-refractivity contribution >= 4 is 28.3 Å². The molecule has 1 amide bonds. The fraction of sp³-hybridized carbons (Fsp3) is 0.435. The number of hydrogen-bond acceptors (Lipinski definition) is 4. The molecule has 1 aromatic carbocycles. The maximum atomic E-state index is 12.3.